The molecule has 4 nitrogen and oxygen atoms in total. The van der Waals surface area contributed by atoms with Gasteiger partial charge in [-0.3, -0.25) is 4.79 Å². The van der Waals surface area contributed by atoms with E-state index in [0.717, 1.165) is 0 Å². The maximum absolute atomic E-state index is 12.9. The standard InChI is InChI=1S/C18H17FN2O2/c1-11-9-13(10-20)3-8-16(11)18(23)21-12(2)17(22)14-4-6-15(19)7-5-14/h3-9,12,17,22H,1-2H3,(H,21,23). The summed E-state index contributed by atoms with van der Waals surface area (Å²) in [7, 11) is 0. The number of amides is 1. The van der Waals surface area contributed by atoms with Crippen LogP contribution in [0.5, 0.6) is 0 Å². The van der Waals surface area contributed by atoms with Crippen LogP contribution in [-0.2, 0) is 0 Å². The van der Waals surface area contributed by atoms with Gasteiger partial charge >= 0.3 is 0 Å². The molecule has 2 aromatic carbocycles. The first-order chi connectivity index (χ1) is 10.9. The van der Waals surface area contributed by atoms with Crippen molar-refractivity contribution in [2.45, 2.75) is 26.0 Å². The van der Waals surface area contributed by atoms with Gasteiger partial charge in [-0.1, -0.05) is 12.1 Å². The second-order valence-corrected chi connectivity index (χ2v) is 5.40. The van der Waals surface area contributed by atoms with Gasteiger partial charge < -0.3 is 10.4 Å². The molecule has 0 aliphatic carbocycles. The van der Waals surface area contributed by atoms with Crippen LogP contribution >= 0.6 is 0 Å². The van der Waals surface area contributed by atoms with Gasteiger partial charge in [-0.15, -0.1) is 0 Å². The Kier molecular flexibility index (Phi) is 5.09. The molecular weight excluding hydrogens is 295 g/mol. The van der Waals surface area contributed by atoms with Crippen LogP contribution in [0.4, 0.5) is 4.39 Å². The molecule has 0 aliphatic rings. The molecular formula is C18H17FN2O2. The summed E-state index contributed by atoms with van der Waals surface area (Å²) in [6, 6.07) is 11.7. The number of aliphatic hydroxyl groups excluding tert-OH is 1. The predicted molar refractivity (Wildman–Crippen MR) is 84.2 cm³/mol. The van der Waals surface area contributed by atoms with Gasteiger partial charge in [-0.05, 0) is 55.3 Å². The average Bonchev–Trinajstić information content (AvgIpc) is 2.54. The van der Waals surface area contributed by atoms with Crippen LogP contribution in [-0.4, -0.2) is 17.1 Å². The van der Waals surface area contributed by atoms with Crippen molar-refractivity contribution >= 4 is 5.91 Å². The average molecular weight is 312 g/mol. The molecule has 1 amide bonds. The molecule has 0 saturated heterocycles. The van der Waals surface area contributed by atoms with E-state index in [2.05, 4.69) is 5.32 Å². The zero-order valence-corrected chi connectivity index (χ0v) is 12.9. The summed E-state index contributed by atoms with van der Waals surface area (Å²) in [5, 5.41) is 21.8. The van der Waals surface area contributed by atoms with E-state index in [9.17, 15) is 14.3 Å². The minimum atomic E-state index is -0.946. The van der Waals surface area contributed by atoms with Crippen molar-refractivity contribution in [1.82, 2.24) is 5.32 Å². The van der Waals surface area contributed by atoms with Gasteiger partial charge in [0.15, 0.2) is 0 Å². The van der Waals surface area contributed by atoms with Crippen molar-refractivity contribution in [1.29, 1.82) is 5.26 Å². The molecule has 0 radical (unpaired) electrons. The third-order valence-corrected chi connectivity index (χ3v) is 3.64. The summed E-state index contributed by atoms with van der Waals surface area (Å²) in [6.45, 7) is 3.42. The highest BCUT2D eigenvalue weighted by molar-refractivity contribution is 5.96. The van der Waals surface area contributed by atoms with Crippen molar-refractivity contribution in [2.24, 2.45) is 0 Å². The van der Waals surface area contributed by atoms with Crippen LogP contribution in [0.25, 0.3) is 0 Å². The minimum Gasteiger partial charge on any atom is -0.386 e. The third-order valence-electron chi connectivity index (χ3n) is 3.64. The molecule has 2 aromatic rings. The van der Waals surface area contributed by atoms with E-state index < -0.39 is 12.1 Å². The first-order valence-electron chi connectivity index (χ1n) is 7.17. The van der Waals surface area contributed by atoms with Crippen molar-refractivity contribution in [3.63, 3.8) is 0 Å². The van der Waals surface area contributed by atoms with Gasteiger partial charge in [0.2, 0.25) is 0 Å². The zero-order valence-electron chi connectivity index (χ0n) is 12.9. The van der Waals surface area contributed by atoms with Crippen molar-refractivity contribution in [3.8, 4) is 6.07 Å². The quantitative estimate of drug-likeness (QED) is 0.911. The summed E-state index contributed by atoms with van der Waals surface area (Å²) < 4.78 is 12.9. The first kappa shape index (κ1) is 16.7. The lowest BCUT2D eigenvalue weighted by molar-refractivity contribution is 0.0851. The number of hydrogen-bond donors (Lipinski definition) is 2. The number of aryl methyl sites for hydroxylation is 1. The summed E-state index contributed by atoms with van der Waals surface area (Å²) in [4.78, 5) is 12.3. The van der Waals surface area contributed by atoms with Gasteiger partial charge in [0, 0.05) is 5.56 Å². The number of aliphatic hydroxyl groups is 1. The van der Waals surface area contributed by atoms with Crippen LogP contribution in [0, 0.1) is 24.1 Å². The lowest BCUT2D eigenvalue weighted by Gasteiger charge is -2.21. The van der Waals surface area contributed by atoms with Crippen molar-refractivity contribution in [3.05, 3.63) is 70.5 Å². The molecule has 2 unspecified atom stereocenters. The Morgan fingerprint density at radius 2 is 1.91 bits per heavy atom. The van der Waals surface area contributed by atoms with Crippen LogP contribution < -0.4 is 5.32 Å². The van der Waals surface area contributed by atoms with E-state index in [4.69, 9.17) is 5.26 Å². The van der Waals surface area contributed by atoms with Crippen LogP contribution in [0.2, 0.25) is 0 Å². The monoisotopic (exact) mass is 312 g/mol. The number of halogens is 1. The van der Waals surface area contributed by atoms with E-state index in [0.29, 0.717) is 22.3 Å². The molecule has 118 valence electrons. The highest BCUT2D eigenvalue weighted by Crippen LogP contribution is 2.18. The summed E-state index contributed by atoms with van der Waals surface area (Å²) in [6.07, 6.45) is -0.946. The molecule has 0 bridgehead atoms. The molecule has 2 atom stereocenters. The van der Waals surface area contributed by atoms with Gasteiger partial charge in [-0.2, -0.15) is 5.26 Å². The smallest absolute Gasteiger partial charge is 0.251 e. The number of nitrogens with one attached hydrogen (secondary N) is 1. The van der Waals surface area contributed by atoms with Crippen molar-refractivity contribution in [2.75, 3.05) is 0 Å². The van der Waals surface area contributed by atoms with E-state index in [-0.39, 0.29) is 11.7 Å². The number of carbonyl (C=O) groups is 1. The third kappa shape index (κ3) is 3.93. The number of benzene rings is 2. The molecule has 0 saturated carbocycles. The predicted octanol–water partition coefficient (Wildman–Crippen LogP) is 2.86. The lowest BCUT2D eigenvalue weighted by atomic mass is 10.0. The maximum Gasteiger partial charge on any atom is 0.251 e. The summed E-state index contributed by atoms with van der Waals surface area (Å²) in [5.74, 6) is -0.716. The SMILES string of the molecule is Cc1cc(C#N)ccc1C(=O)NC(C)C(O)c1ccc(F)cc1. The minimum absolute atomic E-state index is 0.333. The van der Waals surface area contributed by atoms with E-state index in [1.54, 1.807) is 32.0 Å². The number of rotatable bonds is 4. The number of nitriles is 1. The Labute approximate surface area is 134 Å². The molecule has 0 fully saturated rings. The fourth-order valence-electron chi connectivity index (χ4n) is 2.30. The second kappa shape index (κ2) is 7.03. The first-order valence-corrected chi connectivity index (χ1v) is 7.17. The van der Waals surface area contributed by atoms with Crippen LogP contribution in [0.1, 0.15) is 40.1 Å². The number of nitrogens with zero attached hydrogens (tertiary/aromatic N) is 1. The highest BCUT2D eigenvalue weighted by atomic mass is 19.1. The molecule has 0 spiro atoms. The van der Waals surface area contributed by atoms with Gasteiger partial charge in [0.05, 0.1) is 23.8 Å². The Morgan fingerprint density at radius 3 is 2.48 bits per heavy atom. The van der Waals surface area contributed by atoms with Crippen molar-refractivity contribution < 1.29 is 14.3 Å². The Bertz CT molecular complexity index is 751. The van der Waals surface area contributed by atoms with Crippen LogP contribution in [0.15, 0.2) is 42.5 Å². The highest BCUT2D eigenvalue weighted by Gasteiger charge is 2.20. The summed E-state index contributed by atoms with van der Waals surface area (Å²) >= 11 is 0. The molecule has 23 heavy (non-hydrogen) atoms. The normalized spacial score (nSPS) is 13.0. The fourth-order valence-corrected chi connectivity index (χ4v) is 2.30. The molecule has 2 rings (SSSR count). The Balaban J connectivity index is 2.10. The van der Waals surface area contributed by atoms with E-state index >= 15 is 0 Å². The molecule has 0 aliphatic heterocycles. The number of hydrogen-bond acceptors (Lipinski definition) is 3. The Morgan fingerprint density at radius 1 is 1.26 bits per heavy atom. The van der Waals surface area contributed by atoms with Gasteiger partial charge in [-0.25, -0.2) is 4.39 Å². The maximum atomic E-state index is 12.9. The molecule has 2 N–H and O–H groups in total. The Hall–Kier alpha value is -2.71. The largest absolute Gasteiger partial charge is 0.386 e. The van der Waals surface area contributed by atoms with Gasteiger partial charge in [0.1, 0.15) is 5.82 Å². The second-order valence-electron chi connectivity index (χ2n) is 5.40. The molecule has 0 aromatic heterocycles. The van der Waals surface area contributed by atoms with E-state index in [1.165, 1.54) is 24.3 Å². The lowest BCUT2D eigenvalue weighted by Crippen LogP contribution is -2.37. The topological polar surface area (TPSA) is 73.1 Å². The fraction of sp³-hybridized carbons (Fsp3) is 0.222. The summed E-state index contributed by atoms with van der Waals surface area (Å²) in [5.41, 5.74) is 2.14. The zero-order chi connectivity index (χ0) is 17.0. The molecule has 5 heteroatoms. The molecule has 0 heterocycles. The number of carbonyl (C=O) groups excluding carboxylic acids is 1. The van der Waals surface area contributed by atoms with Crippen LogP contribution in [0.3, 0.4) is 0 Å². The van der Waals surface area contributed by atoms with Gasteiger partial charge in [0.25, 0.3) is 5.91 Å². The van der Waals surface area contributed by atoms with E-state index in [1.807, 2.05) is 6.07 Å².